The molecule has 1 N–H and O–H groups in total. The quantitative estimate of drug-likeness (QED) is 0.781. The largest absolute Gasteiger partial charge is 0.339 e. The van der Waals surface area contributed by atoms with Crippen LogP contribution in [0.3, 0.4) is 0 Å². The molecule has 0 aliphatic heterocycles. The Labute approximate surface area is 85.1 Å². The van der Waals surface area contributed by atoms with Crippen LogP contribution in [0.2, 0.25) is 0 Å². The van der Waals surface area contributed by atoms with Gasteiger partial charge in [0.2, 0.25) is 5.89 Å². The van der Waals surface area contributed by atoms with Gasteiger partial charge in [-0.1, -0.05) is 19.0 Å². The van der Waals surface area contributed by atoms with Gasteiger partial charge in [0.05, 0.1) is 5.92 Å². The van der Waals surface area contributed by atoms with Crippen molar-refractivity contribution in [3.05, 3.63) is 11.7 Å². The van der Waals surface area contributed by atoms with Gasteiger partial charge in [-0.25, -0.2) is 0 Å². The van der Waals surface area contributed by atoms with Crippen molar-refractivity contribution in [2.75, 3.05) is 7.05 Å². The maximum Gasteiger partial charge on any atom is 0.231 e. The van der Waals surface area contributed by atoms with Gasteiger partial charge in [0.25, 0.3) is 0 Å². The lowest BCUT2D eigenvalue weighted by Gasteiger charge is -2.17. The molecule has 4 heteroatoms. The lowest BCUT2D eigenvalue weighted by atomic mass is 9.98. The Balaban J connectivity index is 2.78. The molecule has 0 saturated carbocycles. The standard InChI is InChI=1S/C10H19N3O/c1-5-8(7(3)11-4)10-12-9(6-2)13-14-10/h7-8,11H,5-6H2,1-4H3. The van der Waals surface area contributed by atoms with Crippen molar-refractivity contribution in [1.29, 1.82) is 0 Å². The average Bonchev–Trinajstić information content (AvgIpc) is 2.67. The lowest BCUT2D eigenvalue weighted by Crippen LogP contribution is -2.28. The zero-order valence-electron chi connectivity index (χ0n) is 9.37. The summed E-state index contributed by atoms with van der Waals surface area (Å²) in [5.74, 6) is 1.86. The molecule has 0 aromatic carbocycles. The third kappa shape index (κ3) is 2.32. The fourth-order valence-electron chi connectivity index (χ4n) is 1.50. The van der Waals surface area contributed by atoms with Gasteiger partial charge in [-0.3, -0.25) is 0 Å². The van der Waals surface area contributed by atoms with E-state index in [-0.39, 0.29) is 0 Å². The Morgan fingerprint density at radius 1 is 1.43 bits per heavy atom. The van der Waals surface area contributed by atoms with Crippen LogP contribution in [0.25, 0.3) is 0 Å². The van der Waals surface area contributed by atoms with E-state index in [1.54, 1.807) is 0 Å². The minimum Gasteiger partial charge on any atom is -0.339 e. The molecule has 1 heterocycles. The van der Waals surface area contributed by atoms with Gasteiger partial charge in [0.15, 0.2) is 5.82 Å². The third-order valence-electron chi connectivity index (χ3n) is 2.62. The smallest absolute Gasteiger partial charge is 0.231 e. The van der Waals surface area contributed by atoms with E-state index in [0.29, 0.717) is 12.0 Å². The van der Waals surface area contributed by atoms with E-state index in [1.807, 2.05) is 14.0 Å². The first-order chi connectivity index (χ1) is 6.72. The van der Waals surface area contributed by atoms with Crippen molar-refractivity contribution < 1.29 is 4.52 Å². The number of hydrogen-bond acceptors (Lipinski definition) is 4. The molecule has 1 aromatic heterocycles. The highest BCUT2D eigenvalue weighted by molar-refractivity contribution is 4.97. The number of rotatable bonds is 5. The highest BCUT2D eigenvalue weighted by Gasteiger charge is 2.21. The van der Waals surface area contributed by atoms with Gasteiger partial charge in [-0.05, 0) is 20.4 Å². The predicted molar refractivity (Wildman–Crippen MR) is 55.2 cm³/mol. The van der Waals surface area contributed by atoms with Crippen molar-refractivity contribution in [1.82, 2.24) is 15.5 Å². The maximum atomic E-state index is 5.23. The number of nitrogens with one attached hydrogen (secondary N) is 1. The number of aromatic nitrogens is 2. The molecule has 0 radical (unpaired) electrons. The first-order valence-electron chi connectivity index (χ1n) is 5.22. The molecule has 0 aliphatic carbocycles. The number of likely N-dealkylation sites (N-methyl/N-ethyl adjacent to an activating group) is 1. The van der Waals surface area contributed by atoms with E-state index in [4.69, 9.17) is 4.52 Å². The summed E-state index contributed by atoms with van der Waals surface area (Å²) < 4.78 is 5.23. The van der Waals surface area contributed by atoms with Crippen molar-refractivity contribution >= 4 is 0 Å². The summed E-state index contributed by atoms with van der Waals surface area (Å²) in [4.78, 5) is 4.35. The molecule has 14 heavy (non-hydrogen) atoms. The van der Waals surface area contributed by atoms with Crippen molar-refractivity contribution in [2.45, 2.75) is 45.6 Å². The molecule has 0 amide bonds. The average molecular weight is 197 g/mol. The molecule has 0 bridgehead atoms. The van der Waals surface area contributed by atoms with Crippen LogP contribution in [0.4, 0.5) is 0 Å². The second-order valence-electron chi connectivity index (χ2n) is 3.49. The Hall–Kier alpha value is -0.900. The summed E-state index contributed by atoms with van der Waals surface area (Å²) in [6.07, 6.45) is 1.83. The zero-order chi connectivity index (χ0) is 10.6. The van der Waals surface area contributed by atoms with E-state index < -0.39 is 0 Å². The van der Waals surface area contributed by atoms with Crippen LogP contribution in [0, 0.1) is 0 Å². The van der Waals surface area contributed by atoms with Crippen LogP contribution in [-0.2, 0) is 6.42 Å². The second-order valence-corrected chi connectivity index (χ2v) is 3.49. The minimum atomic E-state index is 0.313. The summed E-state index contributed by atoms with van der Waals surface area (Å²) in [5, 5.41) is 7.12. The topological polar surface area (TPSA) is 51.0 Å². The van der Waals surface area contributed by atoms with Crippen molar-refractivity contribution in [2.24, 2.45) is 0 Å². The molecule has 0 saturated heterocycles. The summed E-state index contributed by atoms with van der Waals surface area (Å²) in [6, 6.07) is 0.366. The maximum absolute atomic E-state index is 5.23. The minimum absolute atomic E-state index is 0.313. The Morgan fingerprint density at radius 2 is 2.14 bits per heavy atom. The molecule has 1 rings (SSSR count). The van der Waals surface area contributed by atoms with Gasteiger partial charge in [0.1, 0.15) is 0 Å². The lowest BCUT2D eigenvalue weighted by molar-refractivity contribution is 0.319. The van der Waals surface area contributed by atoms with Gasteiger partial charge in [-0.2, -0.15) is 4.98 Å². The number of nitrogens with zero attached hydrogens (tertiary/aromatic N) is 2. The van der Waals surface area contributed by atoms with E-state index in [0.717, 1.165) is 24.6 Å². The van der Waals surface area contributed by atoms with Gasteiger partial charge >= 0.3 is 0 Å². The molecular formula is C10H19N3O. The molecule has 80 valence electrons. The van der Waals surface area contributed by atoms with Crippen molar-refractivity contribution in [3.8, 4) is 0 Å². The molecule has 0 spiro atoms. The van der Waals surface area contributed by atoms with Gasteiger partial charge in [0, 0.05) is 12.5 Å². The summed E-state index contributed by atoms with van der Waals surface area (Å²) in [6.45, 7) is 6.29. The van der Waals surface area contributed by atoms with Crippen LogP contribution in [-0.4, -0.2) is 23.2 Å². The molecule has 0 aliphatic rings. The third-order valence-corrected chi connectivity index (χ3v) is 2.62. The first kappa shape index (κ1) is 11.2. The predicted octanol–water partition coefficient (Wildman–Crippen LogP) is 1.73. The molecule has 2 unspecified atom stereocenters. The SMILES string of the molecule is CCc1noc(C(CC)C(C)NC)n1. The molecule has 0 fully saturated rings. The first-order valence-corrected chi connectivity index (χ1v) is 5.22. The van der Waals surface area contributed by atoms with E-state index in [9.17, 15) is 0 Å². The molecule has 2 atom stereocenters. The number of aryl methyl sites for hydroxylation is 1. The van der Waals surface area contributed by atoms with Crippen molar-refractivity contribution in [3.63, 3.8) is 0 Å². The Bertz CT molecular complexity index is 272. The second kappa shape index (κ2) is 5.10. The van der Waals surface area contributed by atoms with Gasteiger partial charge < -0.3 is 9.84 Å². The Kier molecular flexibility index (Phi) is 4.07. The molecule has 1 aromatic rings. The normalized spacial score (nSPS) is 15.4. The Morgan fingerprint density at radius 3 is 2.57 bits per heavy atom. The molecular weight excluding hydrogens is 178 g/mol. The highest BCUT2D eigenvalue weighted by atomic mass is 16.5. The fraction of sp³-hybridized carbons (Fsp3) is 0.800. The number of hydrogen-bond donors (Lipinski definition) is 1. The summed E-state index contributed by atoms with van der Waals surface area (Å²) in [5.41, 5.74) is 0. The zero-order valence-corrected chi connectivity index (χ0v) is 9.37. The monoisotopic (exact) mass is 197 g/mol. The van der Waals surface area contributed by atoms with E-state index >= 15 is 0 Å². The van der Waals surface area contributed by atoms with Crippen LogP contribution < -0.4 is 5.32 Å². The fourth-order valence-corrected chi connectivity index (χ4v) is 1.50. The summed E-state index contributed by atoms with van der Waals surface area (Å²) in [7, 11) is 1.95. The van der Waals surface area contributed by atoms with E-state index in [2.05, 4.69) is 29.3 Å². The van der Waals surface area contributed by atoms with Crippen LogP contribution in [0.5, 0.6) is 0 Å². The molecule has 4 nitrogen and oxygen atoms in total. The van der Waals surface area contributed by atoms with Crippen LogP contribution in [0.1, 0.15) is 44.8 Å². The van der Waals surface area contributed by atoms with Gasteiger partial charge in [-0.15, -0.1) is 0 Å². The highest BCUT2D eigenvalue weighted by Crippen LogP contribution is 2.21. The van der Waals surface area contributed by atoms with E-state index in [1.165, 1.54) is 0 Å². The summed E-state index contributed by atoms with van der Waals surface area (Å²) >= 11 is 0. The van der Waals surface area contributed by atoms with Crippen LogP contribution >= 0.6 is 0 Å². The van der Waals surface area contributed by atoms with Crippen LogP contribution in [0.15, 0.2) is 4.52 Å².